The summed E-state index contributed by atoms with van der Waals surface area (Å²) in [4.78, 5) is 0. The van der Waals surface area contributed by atoms with Crippen molar-refractivity contribution < 1.29 is 13.2 Å². The lowest BCUT2D eigenvalue weighted by atomic mass is 10.1. The van der Waals surface area contributed by atoms with Gasteiger partial charge < -0.3 is 5.32 Å². The van der Waals surface area contributed by atoms with Crippen LogP contribution in [0.25, 0.3) is 0 Å². The van der Waals surface area contributed by atoms with Gasteiger partial charge in [-0.1, -0.05) is 28.1 Å². The Hall–Kier alpha value is -1.33. The highest BCUT2D eigenvalue weighted by molar-refractivity contribution is 9.10. The van der Waals surface area contributed by atoms with Crippen molar-refractivity contribution in [3.8, 4) is 0 Å². The molecule has 2 rings (SSSR count). The highest BCUT2D eigenvalue weighted by Crippen LogP contribution is 2.24. The van der Waals surface area contributed by atoms with Crippen LogP contribution in [0.3, 0.4) is 0 Å². The molecule has 1 N–H and O–H groups in total. The smallest absolute Gasteiger partial charge is 0.130 e. The van der Waals surface area contributed by atoms with Crippen molar-refractivity contribution in [2.75, 3.05) is 0 Å². The summed E-state index contributed by atoms with van der Waals surface area (Å²) in [5.74, 6) is -1.50. The van der Waals surface area contributed by atoms with Crippen LogP contribution in [0, 0.1) is 17.5 Å². The van der Waals surface area contributed by atoms with Crippen molar-refractivity contribution >= 4 is 15.9 Å². The molecule has 0 spiro atoms. The van der Waals surface area contributed by atoms with Crippen molar-refractivity contribution in [3.63, 3.8) is 0 Å². The first kappa shape index (κ1) is 15.1. The molecule has 0 saturated carbocycles. The highest BCUT2D eigenvalue weighted by Gasteiger charge is 2.11. The van der Waals surface area contributed by atoms with Gasteiger partial charge in [0.05, 0.1) is 0 Å². The van der Waals surface area contributed by atoms with Gasteiger partial charge in [0, 0.05) is 28.7 Å². The van der Waals surface area contributed by atoms with Gasteiger partial charge in [-0.15, -0.1) is 0 Å². The van der Waals surface area contributed by atoms with Gasteiger partial charge in [0.15, 0.2) is 0 Å². The van der Waals surface area contributed by atoms with E-state index in [2.05, 4.69) is 21.2 Å². The Balaban J connectivity index is 2.06. The minimum absolute atomic E-state index is 0.102. The summed E-state index contributed by atoms with van der Waals surface area (Å²) in [7, 11) is 0. The molecule has 0 aliphatic carbocycles. The molecule has 1 unspecified atom stereocenters. The first-order chi connectivity index (χ1) is 9.47. The quantitative estimate of drug-likeness (QED) is 0.847. The van der Waals surface area contributed by atoms with Crippen LogP contribution in [0.15, 0.2) is 40.9 Å². The summed E-state index contributed by atoms with van der Waals surface area (Å²) in [5.41, 5.74) is 1.26. The van der Waals surface area contributed by atoms with Gasteiger partial charge in [-0.25, -0.2) is 13.2 Å². The zero-order valence-electron chi connectivity index (χ0n) is 10.8. The third-order valence-electron chi connectivity index (χ3n) is 3.04. The van der Waals surface area contributed by atoms with Gasteiger partial charge in [0.25, 0.3) is 0 Å². The van der Waals surface area contributed by atoms with Gasteiger partial charge in [0.2, 0.25) is 0 Å². The topological polar surface area (TPSA) is 12.0 Å². The first-order valence-electron chi connectivity index (χ1n) is 6.09. The van der Waals surface area contributed by atoms with Crippen molar-refractivity contribution in [2.45, 2.75) is 19.5 Å². The molecule has 1 atom stereocenters. The van der Waals surface area contributed by atoms with Gasteiger partial charge in [-0.2, -0.15) is 0 Å². The van der Waals surface area contributed by atoms with Gasteiger partial charge >= 0.3 is 0 Å². The maximum absolute atomic E-state index is 13.5. The monoisotopic (exact) mass is 343 g/mol. The lowest BCUT2D eigenvalue weighted by Gasteiger charge is -2.16. The van der Waals surface area contributed by atoms with Crippen LogP contribution in [-0.4, -0.2) is 0 Å². The Morgan fingerprint density at radius 1 is 1.05 bits per heavy atom. The SMILES string of the molecule is CC(NCc1ccc(F)cc1F)c1ccc(F)cc1Br. The number of nitrogens with one attached hydrogen (secondary N) is 1. The second-order valence-electron chi connectivity index (χ2n) is 4.50. The van der Waals surface area contributed by atoms with Crippen molar-refractivity contribution in [1.29, 1.82) is 0 Å². The Bertz CT molecular complexity index is 616. The van der Waals surface area contributed by atoms with Crippen LogP contribution in [0.4, 0.5) is 13.2 Å². The Kier molecular flexibility index (Phi) is 4.83. The fraction of sp³-hybridized carbons (Fsp3) is 0.200. The van der Waals surface area contributed by atoms with E-state index in [0.717, 1.165) is 11.6 Å². The molecule has 20 heavy (non-hydrogen) atoms. The molecule has 0 aliphatic rings. The molecule has 106 valence electrons. The second-order valence-corrected chi connectivity index (χ2v) is 5.36. The molecular formula is C15H13BrF3N. The molecule has 1 nitrogen and oxygen atoms in total. The van der Waals surface area contributed by atoms with E-state index in [4.69, 9.17) is 0 Å². The van der Waals surface area contributed by atoms with Crippen LogP contribution < -0.4 is 5.32 Å². The predicted molar refractivity (Wildman–Crippen MR) is 75.7 cm³/mol. The normalized spacial score (nSPS) is 12.4. The van der Waals surface area contributed by atoms with Crippen molar-refractivity contribution in [2.24, 2.45) is 0 Å². The predicted octanol–water partition coefficient (Wildman–Crippen LogP) is 4.72. The standard InChI is InChI=1S/C15H13BrF3N/c1-9(13-5-4-11(17)6-14(13)16)20-8-10-2-3-12(18)7-15(10)19/h2-7,9,20H,8H2,1H3. The molecule has 2 aromatic carbocycles. The molecule has 0 aliphatic heterocycles. The number of hydrogen-bond donors (Lipinski definition) is 1. The van der Waals surface area contributed by atoms with E-state index in [0.29, 0.717) is 10.0 Å². The molecule has 0 aromatic heterocycles. The minimum Gasteiger partial charge on any atom is -0.306 e. The van der Waals surface area contributed by atoms with Gasteiger partial charge in [-0.3, -0.25) is 0 Å². The Morgan fingerprint density at radius 2 is 1.70 bits per heavy atom. The van der Waals surface area contributed by atoms with Crippen molar-refractivity contribution in [3.05, 3.63) is 69.4 Å². The molecule has 0 bridgehead atoms. The summed E-state index contributed by atoms with van der Waals surface area (Å²) in [6, 6.07) is 7.80. The fourth-order valence-corrected chi connectivity index (χ4v) is 2.58. The first-order valence-corrected chi connectivity index (χ1v) is 6.89. The van der Waals surface area contributed by atoms with E-state index in [1.807, 2.05) is 6.92 Å². The average molecular weight is 344 g/mol. The lowest BCUT2D eigenvalue weighted by Crippen LogP contribution is -2.19. The van der Waals surface area contributed by atoms with E-state index in [1.54, 1.807) is 6.07 Å². The van der Waals surface area contributed by atoms with E-state index < -0.39 is 11.6 Å². The highest BCUT2D eigenvalue weighted by atomic mass is 79.9. The number of hydrogen-bond acceptors (Lipinski definition) is 1. The summed E-state index contributed by atoms with van der Waals surface area (Å²) in [6.45, 7) is 2.15. The molecular weight excluding hydrogens is 331 g/mol. The zero-order chi connectivity index (χ0) is 14.7. The average Bonchev–Trinajstić information content (AvgIpc) is 2.37. The molecule has 0 heterocycles. The Morgan fingerprint density at radius 3 is 2.35 bits per heavy atom. The van der Waals surface area contributed by atoms with Gasteiger partial charge in [-0.05, 0) is 30.7 Å². The van der Waals surface area contributed by atoms with Crippen LogP contribution in [-0.2, 0) is 6.54 Å². The maximum Gasteiger partial charge on any atom is 0.130 e. The van der Waals surface area contributed by atoms with Crippen LogP contribution in [0.1, 0.15) is 24.1 Å². The minimum atomic E-state index is -0.597. The molecule has 5 heteroatoms. The van der Waals surface area contributed by atoms with E-state index in [1.165, 1.54) is 24.3 Å². The summed E-state index contributed by atoms with van der Waals surface area (Å²) >= 11 is 3.29. The van der Waals surface area contributed by atoms with Crippen LogP contribution in [0.2, 0.25) is 0 Å². The summed E-state index contributed by atoms with van der Waals surface area (Å²) in [5, 5.41) is 3.12. The molecule has 0 amide bonds. The van der Waals surface area contributed by atoms with E-state index in [-0.39, 0.29) is 18.4 Å². The number of benzene rings is 2. The lowest BCUT2D eigenvalue weighted by molar-refractivity contribution is 0.532. The largest absolute Gasteiger partial charge is 0.306 e. The fourth-order valence-electron chi connectivity index (χ4n) is 1.89. The molecule has 0 fully saturated rings. The number of rotatable bonds is 4. The third kappa shape index (κ3) is 3.61. The summed E-state index contributed by atoms with van der Waals surface area (Å²) in [6.07, 6.45) is 0. The zero-order valence-corrected chi connectivity index (χ0v) is 12.3. The van der Waals surface area contributed by atoms with Crippen molar-refractivity contribution in [1.82, 2.24) is 5.32 Å². The molecule has 0 radical (unpaired) electrons. The summed E-state index contributed by atoms with van der Waals surface area (Å²) < 4.78 is 40.0. The Labute approximate surface area is 123 Å². The van der Waals surface area contributed by atoms with E-state index in [9.17, 15) is 13.2 Å². The molecule has 2 aromatic rings. The molecule has 0 saturated heterocycles. The van der Waals surface area contributed by atoms with Crippen LogP contribution >= 0.6 is 15.9 Å². The van der Waals surface area contributed by atoms with Gasteiger partial charge in [0.1, 0.15) is 17.5 Å². The second kappa shape index (κ2) is 6.41. The van der Waals surface area contributed by atoms with Crippen LogP contribution in [0.5, 0.6) is 0 Å². The maximum atomic E-state index is 13.5. The van der Waals surface area contributed by atoms with E-state index >= 15 is 0 Å². The third-order valence-corrected chi connectivity index (χ3v) is 3.73. The number of halogens is 4.